The number of hydrogen-bond acceptors (Lipinski definition) is 2. The molecule has 3 heteroatoms. The molecular formula is C19H32BN2. The van der Waals surface area contributed by atoms with Gasteiger partial charge in [0, 0.05) is 32.2 Å². The maximum Gasteiger partial charge on any atom is 0.0429 e. The monoisotopic (exact) mass is 299 g/mol. The second-order valence-electron chi connectivity index (χ2n) is 5.32. The molecule has 0 bridgehead atoms. The van der Waals surface area contributed by atoms with Crippen molar-refractivity contribution < 1.29 is 0 Å². The van der Waals surface area contributed by atoms with Crippen molar-refractivity contribution in [3.8, 4) is 0 Å². The zero-order chi connectivity index (χ0) is 14.3. The molecule has 0 spiro atoms. The van der Waals surface area contributed by atoms with Gasteiger partial charge in [0.1, 0.15) is 0 Å². The smallest absolute Gasteiger partial charge is 0.0429 e. The maximum atomic E-state index is 4.28. The molecule has 0 saturated carbocycles. The van der Waals surface area contributed by atoms with Crippen molar-refractivity contribution >= 4 is 8.41 Å². The number of rotatable bonds is 2. The first-order valence-corrected chi connectivity index (χ1v) is 6.84. The topological polar surface area (TPSA) is 25.8 Å². The van der Waals surface area contributed by atoms with E-state index in [0.29, 0.717) is 11.8 Å². The third kappa shape index (κ3) is 9.33. The summed E-state index contributed by atoms with van der Waals surface area (Å²) in [5.74, 6) is 1.09. The highest BCUT2D eigenvalue weighted by atomic mass is 14.7. The molecule has 2 nitrogen and oxygen atoms in total. The van der Waals surface area contributed by atoms with E-state index in [1.807, 2.05) is 30.6 Å². The van der Waals surface area contributed by atoms with Crippen molar-refractivity contribution in [1.29, 1.82) is 0 Å². The van der Waals surface area contributed by atoms with Gasteiger partial charge in [-0.25, -0.2) is 0 Å². The molecule has 0 aliphatic rings. The fourth-order valence-corrected chi connectivity index (χ4v) is 1.54. The van der Waals surface area contributed by atoms with Crippen LogP contribution in [0.15, 0.2) is 42.7 Å². The van der Waals surface area contributed by atoms with E-state index in [1.54, 1.807) is 0 Å². The average molecular weight is 299 g/mol. The Morgan fingerprint density at radius 2 is 1.32 bits per heavy atom. The summed E-state index contributed by atoms with van der Waals surface area (Å²) in [6.07, 6.45) is 3.74. The molecule has 0 aromatic carbocycles. The van der Waals surface area contributed by atoms with Crippen LogP contribution in [0.5, 0.6) is 0 Å². The van der Waals surface area contributed by atoms with E-state index in [0.717, 1.165) is 5.69 Å². The summed E-state index contributed by atoms with van der Waals surface area (Å²) in [5, 5.41) is 0. The molecule has 0 unspecified atom stereocenters. The largest absolute Gasteiger partial charge is 0.261 e. The number of nitrogens with zero attached hydrogens (tertiary/aromatic N) is 2. The minimum atomic E-state index is 0. The van der Waals surface area contributed by atoms with E-state index < -0.39 is 0 Å². The third-order valence-electron chi connectivity index (χ3n) is 2.81. The lowest BCUT2D eigenvalue weighted by molar-refractivity contribution is 0.821. The van der Waals surface area contributed by atoms with E-state index in [2.05, 4.69) is 56.7 Å². The lowest BCUT2D eigenvalue weighted by atomic mass is 10.1. The summed E-state index contributed by atoms with van der Waals surface area (Å²) in [6.45, 7) is 10.6. The molecule has 0 atom stereocenters. The first kappa shape index (κ1) is 25.3. The number of aryl methyl sites for hydroxylation is 1. The standard InChI is InChI=1S/C9H13N.C8H11N.2CH4.B/c1-7(2)9-5-4-8(3)6-10-9;1-7(2)8-5-3-4-6-9-8;;;/h4-7H,1-3H3;3-7H,1-2H3;2*1H4;. The Hall–Kier alpha value is -1.64. The molecule has 2 aromatic heterocycles. The molecule has 0 saturated heterocycles. The third-order valence-corrected chi connectivity index (χ3v) is 2.81. The SMILES string of the molecule is C.C.CC(C)c1ccccn1.Cc1ccc(C(C)C)nc1.[B]. The molecule has 0 N–H and O–H groups in total. The van der Waals surface area contributed by atoms with Crippen molar-refractivity contribution in [3.63, 3.8) is 0 Å². The fourth-order valence-electron chi connectivity index (χ4n) is 1.54. The molecule has 2 heterocycles. The Labute approximate surface area is 140 Å². The van der Waals surface area contributed by atoms with Crippen molar-refractivity contribution in [3.05, 3.63) is 59.7 Å². The first-order valence-electron chi connectivity index (χ1n) is 6.84. The van der Waals surface area contributed by atoms with Crippen LogP contribution < -0.4 is 0 Å². The van der Waals surface area contributed by atoms with Crippen LogP contribution in [0.1, 0.15) is 71.3 Å². The molecule has 121 valence electrons. The van der Waals surface area contributed by atoms with Crippen molar-refractivity contribution in [2.75, 3.05) is 0 Å². The number of aromatic nitrogens is 2. The lowest BCUT2D eigenvalue weighted by Crippen LogP contribution is -1.90. The highest BCUT2D eigenvalue weighted by Crippen LogP contribution is 2.10. The van der Waals surface area contributed by atoms with Gasteiger partial charge >= 0.3 is 0 Å². The summed E-state index contributed by atoms with van der Waals surface area (Å²) in [7, 11) is 0. The van der Waals surface area contributed by atoms with Gasteiger partial charge in [-0.05, 0) is 42.5 Å². The van der Waals surface area contributed by atoms with Crippen LogP contribution >= 0.6 is 0 Å². The molecular weight excluding hydrogens is 267 g/mol. The Morgan fingerprint density at radius 3 is 1.64 bits per heavy atom. The number of hydrogen-bond donors (Lipinski definition) is 0. The Morgan fingerprint density at radius 1 is 0.773 bits per heavy atom. The summed E-state index contributed by atoms with van der Waals surface area (Å²) in [6, 6.07) is 10.2. The van der Waals surface area contributed by atoms with E-state index >= 15 is 0 Å². The second kappa shape index (κ2) is 13.1. The lowest BCUT2D eigenvalue weighted by Gasteiger charge is -2.02. The van der Waals surface area contributed by atoms with E-state index in [9.17, 15) is 0 Å². The Kier molecular flexibility index (Phi) is 15.0. The van der Waals surface area contributed by atoms with Gasteiger partial charge in [-0.2, -0.15) is 0 Å². The van der Waals surface area contributed by atoms with Crippen molar-refractivity contribution in [2.45, 2.75) is 61.3 Å². The highest BCUT2D eigenvalue weighted by Gasteiger charge is 1.97. The predicted octanol–water partition coefficient (Wildman–Crippen LogP) is 5.61. The highest BCUT2D eigenvalue weighted by molar-refractivity contribution is 5.75. The maximum absolute atomic E-state index is 4.28. The minimum absolute atomic E-state index is 0. The molecule has 0 fully saturated rings. The van der Waals surface area contributed by atoms with Gasteiger partial charge < -0.3 is 0 Å². The van der Waals surface area contributed by atoms with Gasteiger partial charge in [0.2, 0.25) is 0 Å². The van der Waals surface area contributed by atoms with Crippen LogP contribution in [0.2, 0.25) is 0 Å². The zero-order valence-electron chi connectivity index (χ0n) is 13.2. The van der Waals surface area contributed by atoms with E-state index in [1.165, 1.54) is 11.3 Å². The molecule has 0 aliphatic carbocycles. The molecule has 0 amide bonds. The van der Waals surface area contributed by atoms with Crippen LogP contribution in [0.4, 0.5) is 0 Å². The fraction of sp³-hybridized carbons (Fsp3) is 0.474. The average Bonchev–Trinajstić information content (AvgIpc) is 2.41. The molecule has 2 aromatic rings. The Balaban J connectivity index is -0.000000290. The normalized spacial score (nSPS) is 8.86. The Bertz CT molecular complexity index is 465. The van der Waals surface area contributed by atoms with Gasteiger partial charge in [-0.3, -0.25) is 9.97 Å². The second-order valence-corrected chi connectivity index (χ2v) is 5.32. The summed E-state index contributed by atoms with van der Waals surface area (Å²) >= 11 is 0. The first-order chi connectivity index (χ1) is 9.00. The quantitative estimate of drug-likeness (QED) is 0.673. The van der Waals surface area contributed by atoms with Gasteiger partial charge in [0.15, 0.2) is 0 Å². The number of pyridine rings is 2. The van der Waals surface area contributed by atoms with Crippen LogP contribution in [-0.2, 0) is 0 Å². The summed E-state index contributed by atoms with van der Waals surface area (Å²) in [4.78, 5) is 8.46. The molecule has 22 heavy (non-hydrogen) atoms. The minimum Gasteiger partial charge on any atom is -0.261 e. The molecule has 2 rings (SSSR count). The zero-order valence-corrected chi connectivity index (χ0v) is 13.2. The molecule has 3 radical (unpaired) electrons. The van der Waals surface area contributed by atoms with Crippen LogP contribution in [0, 0.1) is 6.92 Å². The molecule has 0 aliphatic heterocycles. The van der Waals surface area contributed by atoms with Crippen molar-refractivity contribution in [1.82, 2.24) is 9.97 Å². The van der Waals surface area contributed by atoms with Gasteiger partial charge in [0.05, 0.1) is 0 Å². The van der Waals surface area contributed by atoms with Crippen LogP contribution in [0.3, 0.4) is 0 Å². The van der Waals surface area contributed by atoms with E-state index in [4.69, 9.17) is 0 Å². The van der Waals surface area contributed by atoms with E-state index in [-0.39, 0.29) is 23.3 Å². The summed E-state index contributed by atoms with van der Waals surface area (Å²) in [5.41, 5.74) is 3.56. The van der Waals surface area contributed by atoms with Gasteiger partial charge in [-0.15, -0.1) is 0 Å². The van der Waals surface area contributed by atoms with Gasteiger partial charge in [-0.1, -0.05) is 54.7 Å². The van der Waals surface area contributed by atoms with Crippen LogP contribution in [0.25, 0.3) is 0 Å². The van der Waals surface area contributed by atoms with Gasteiger partial charge in [0.25, 0.3) is 0 Å². The van der Waals surface area contributed by atoms with Crippen LogP contribution in [-0.4, -0.2) is 18.4 Å². The van der Waals surface area contributed by atoms with Crippen molar-refractivity contribution in [2.24, 2.45) is 0 Å². The predicted molar refractivity (Wildman–Crippen MR) is 101 cm³/mol. The summed E-state index contributed by atoms with van der Waals surface area (Å²) < 4.78 is 0.